The fraction of sp³-hybridized carbons (Fsp3) is 0.0714. The van der Waals surface area contributed by atoms with Crippen LogP contribution in [-0.4, -0.2) is 5.11 Å². The molecule has 0 unspecified atom stereocenters. The SMILES string of the molecule is Fc1ccc(C(F)(F)F)cc1NC(=S)Nc1ccc(Br)cc1. The molecule has 0 atom stereocenters. The van der Waals surface area contributed by atoms with E-state index >= 15 is 0 Å². The predicted molar refractivity (Wildman–Crippen MR) is 85.4 cm³/mol. The average molecular weight is 393 g/mol. The molecular formula is C14H9BrF4N2S. The summed E-state index contributed by atoms with van der Waals surface area (Å²) >= 11 is 8.23. The highest BCUT2D eigenvalue weighted by molar-refractivity contribution is 9.10. The first-order valence-corrected chi connectivity index (χ1v) is 7.16. The first kappa shape index (κ1) is 16.7. The Morgan fingerprint density at radius 3 is 2.23 bits per heavy atom. The Morgan fingerprint density at radius 2 is 1.64 bits per heavy atom. The Kier molecular flexibility index (Phi) is 5.02. The number of anilines is 2. The number of thiocarbonyl (C=S) groups is 1. The number of hydrogen-bond acceptors (Lipinski definition) is 1. The molecule has 0 aliphatic rings. The third-order valence-corrected chi connectivity index (χ3v) is 3.38. The van der Waals surface area contributed by atoms with Gasteiger partial charge in [-0.05, 0) is 54.7 Å². The molecule has 2 aromatic carbocycles. The van der Waals surface area contributed by atoms with Crippen molar-refractivity contribution >= 4 is 44.6 Å². The zero-order valence-electron chi connectivity index (χ0n) is 10.8. The van der Waals surface area contributed by atoms with Gasteiger partial charge in [-0.3, -0.25) is 0 Å². The van der Waals surface area contributed by atoms with E-state index in [0.29, 0.717) is 17.8 Å². The summed E-state index contributed by atoms with van der Waals surface area (Å²) < 4.78 is 52.3. The summed E-state index contributed by atoms with van der Waals surface area (Å²) in [6.45, 7) is 0. The maximum Gasteiger partial charge on any atom is 0.416 e. The Balaban J connectivity index is 2.12. The van der Waals surface area contributed by atoms with Crippen LogP contribution in [0, 0.1) is 5.82 Å². The van der Waals surface area contributed by atoms with E-state index in [1.807, 2.05) is 0 Å². The molecule has 0 saturated heterocycles. The molecular weight excluding hydrogens is 384 g/mol. The lowest BCUT2D eigenvalue weighted by Crippen LogP contribution is -2.20. The van der Waals surface area contributed by atoms with Crippen LogP contribution in [-0.2, 0) is 6.18 Å². The molecule has 0 aliphatic heterocycles. The van der Waals surface area contributed by atoms with Gasteiger partial charge in [-0.15, -0.1) is 0 Å². The van der Waals surface area contributed by atoms with Crippen LogP contribution in [0.1, 0.15) is 5.56 Å². The topological polar surface area (TPSA) is 24.1 Å². The van der Waals surface area contributed by atoms with Crippen LogP contribution in [0.4, 0.5) is 28.9 Å². The van der Waals surface area contributed by atoms with Gasteiger partial charge in [0.05, 0.1) is 11.3 Å². The van der Waals surface area contributed by atoms with Crippen molar-refractivity contribution in [1.82, 2.24) is 0 Å². The van der Waals surface area contributed by atoms with Gasteiger partial charge in [0.1, 0.15) is 5.82 Å². The lowest BCUT2D eigenvalue weighted by atomic mass is 10.2. The number of rotatable bonds is 2. The van der Waals surface area contributed by atoms with Gasteiger partial charge in [-0.1, -0.05) is 15.9 Å². The van der Waals surface area contributed by atoms with Crippen molar-refractivity contribution in [3.8, 4) is 0 Å². The number of benzene rings is 2. The lowest BCUT2D eigenvalue weighted by Gasteiger charge is -2.13. The molecule has 0 spiro atoms. The van der Waals surface area contributed by atoms with Crippen molar-refractivity contribution in [2.24, 2.45) is 0 Å². The summed E-state index contributed by atoms with van der Waals surface area (Å²) in [5.41, 5.74) is -0.680. The molecule has 2 N–H and O–H groups in total. The monoisotopic (exact) mass is 392 g/mol. The zero-order valence-corrected chi connectivity index (χ0v) is 13.2. The summed E-state index contributed by atoms with van der Waals surface area (Å²) in [6, 6.07) is 9.02. The van der Waals surface area contributed by atoms with E-state index < -0.39 is 17.6 Å². The van der Waals surface area contributed by atoms with E-state index in [9.17, 15) is 17.6 Å². The van der Waals surface area contributed by atoms with E-state index in [2.05, 4.69) is 26.6 Å². The average Bonchev–Trinajstić information content (AvgIpc) is 2.42. The smallest absolute Gasteiger partial charge is 0.332 e. The highest BCUT2D eigenvalue weighted by Gasteiger charge is 2.31. The van der Waals surface area contributed by atoms with Crippen LogP contribution in [0.25, 0.3) is 0 Å². The quantitative estimate of drug-likeness (QED) is 0.527. The minimum Gasteiger partial charge on any atom is -0.332 e. The molecule has 0 bridgehead atoms. The predicted octanol–water partition coefficient (Wildman–Crippen LogP) is 5.42. The van der Waals surface area contributed by atoms with Crippen molar-refractivity contribution in [1.29, 1.82) is 0 Å². The third kappa shape index (κ3) is 4.41. The standard InChI is InChI=1S/C14H9BrF4N2S/c15-9-2-4-10(5-3-9)20-13(22)21-12-7-8(14(17,18)19)1-6-11(12)16/h1-7H,(H2,20,21,22). The minimum atomic E-state index is -4.55. The van der Waals surface area contributed by atoms with Crippen LogP contribution in [0.3, 0.4) is 0 Å². The molecule has 0 heterocycles. The normalized spacial score (nSPS) is 11.1. The summed E-state index contributed by atoms with van der Waals surface area (Å²) in [5.74, 6) is -0.826. The molecule has 0 aliphatic carbocycles. The second-order valence-corrected chi connectivity index (χ2v) is 5.60. The van der Waals surface area contributed by atoms with Gasteiger partial charge in [0.2, 0.25) is 0 Å². The van der Waals surface area contributed by atoms with Crippen molar-refractivity contribution < 1.29 is 17.6 Å². The fourth-order valence-corrected chi connectivity index (χ4v) is 2.11. The molecule has 116 valence electrons. The largest absolute Gasteiger partial charge is 0.416 e. The molecule has 8 heteroatoms. The molecule has 2 nitrogen and oxygen atoms in total. The van der Waals surface area contributed by atoms with Gasteiger partial charge >= 0.3 is 6.18 Å². The molecule has 0 saturated carbocycles. The minimum absolute atomic E-state index is 0.0134. The Bertz CT molecular complexity index is 686. The van der Waals surface area contributed by atoms with Crippen molar-refractivity contribution in [3.63, 3.8) is 0 Å². The highest BCUT2D eigenvalue weighted by Crippen LogP contribution is 2.31. The van der Waals surface area contributed by atoms with Crippen LogP contribution >= 0.6 is 28.1 Å². The molecule has 2 rings (SSSR count). The van der Waals surface area contributed by atoms with E-state index in [-0.39, 0.29) is 10.8 Å². The lowest BCUT2D eigenvalue weighted by molar-refractivity contribution is -0.137. The fourth-order valence-electron chi connectivity index (χ4n) is 1.62. The van der Waals surface area contributed by atoms with Gasteiger partial charge < -0.3 is 10.6 Å². The Labute approximate surface area is 137 Å². The van der Waals surface area contributed by atoms with Crippen molar-refractivity contribution in [3.05, 3.63) is 58.3 Å². The van der Waals surface area contributed by atoms with Crippen LogP contribution < -0.4 is 10.6 Å². The number of nitrogens with one attached hydrogen (secondary N) is 2. The Morgan fingerprint density at radius 1 is 1.00 bits per heavy atom. The first-order valence-electron chi connectivity index (χ1n) is 5.96. The second-order valence-electron chi connectivity index (χ2n) is 4.28. The Hall–Kier alpha value is -1.67. The van der Waals surface area contributed by atoms with Crippen molar-refractivity contribution in [2.45, 2.75) is 6.18 Å². The van der Waals surface area contributed by atoms with Crippen molar-refractivity contribution in [2.75, 3.05) is 10.6 Å². The molecule has 0 aromatic heterocycles. The number of hydrogen-bond donors (Lipinski definition) is 2. The highest BCUT2D eigenvalue weighted by atomic mass is 79.9. The summed E-state index contributed by atoms with van der Waals surface area (Å²) in [6.07, 6.45) is -4.55. The van der Waals surface area contributed by atoms with Gasteiger partial charge in [-0.25, -0.2) is 4.39 Å². The van der Waals surface area contributed by atoms with Gasteiger partial charge in [0.15, 0.2) is 5.11 Å². The maximum absolute atomic E-state index is 13.6. The van der Waals surface area contributed by atoms with Crippen LogP contribution in [0.15, 0.2) is 46.9 Å². The van der Waals surface area contributed by atoms with E-state index in [4.69, 9.17) is 12.2 Å². The maximum atomic E-state index is 13.6. The van der Waals surface area contributed by atoms with Crippen LogP contribution in [0.2, 0.25) is 0 Å². The molecule has 0 fully saturated rings. The van der Waals surface area contributed by atoms with E-state index in [1.54, 1.807) is 24.3 Å². The van der Waals surface area contributed by atoms with Gasteiger partial charge in [0, 0.05) is 10.2 Å². The van der Waals surface area contributed by atoms with E-state index in [0.717, 1.165) is 10.5 Å². The van der Waals surface area contributed by atoms with Crippen LogP contribution in [0.5, 0.6) is 0 Å². The molecule has 22 heavy (non-hydrogen) atoms. The molecule has 0 radical (unpaired) electrons. The van der Waals surface area contributed by atoms with E-state index in [1.165, 1.54) is 0 Å². The second kappa shape index (κ2) is 6.62. The summed E-state index contributed by atoms with van der Waals surface area (Å²) in [7, 11) is 0. The summed E-state index contributed by atoms with van der Waals surface area (Å²) in [4.78, 5) is 0. The first-order chi connectivity index (χ1) is 10.3. The summed E-state index contributed by atoms with van der Waals surface area (Å²) in [5, 5.41) is 5.16. The zero-order chi connectivity index (χ0) is 16.3. The van der Waals surface area contributed by atoms with Gasteiger partial charge in [-0.2, -0.15) is 13.2 Å². The third-order valence-electron chi connectivity index (χ3n) is 2.64. The molecule has 2 aromatic rings. The molecule has 0 amide bonds. The number of halogens is 5. The number of alkyl halides is 3. The van der Waals surface area contributed by atoms with Gasteiger partial charge in [0.25, 0.3) is 0 Å².